The van der Waals surface area contributed by atoms with Crippen molar-refractivity contribution in [1.82, 2.24) is 4.90 Å². The van der Waals surface area contributed by atoms with Crippen LogP contribution in [0.1, 0.15) is 22.9 Å². The van der Waals surface area contributed by atoms with Gasteiger partial charge in [-0.25, -0.2) is 0 Å². The molecule has 0 atom stereocenters. The molecule has 0 fully saturated rings. The molecular formula is C23H19ClN2O2S. The minimum atomic E-state index is -0.349. The monoisotopic (exact) mass is 422 g/mol. The zero-order valence-corrected chi connectivity index (χ0v) is 17.4. The largest absolute Gasteiger partial charge is 0.350 e. The number of hydrogen-bond donors (Lipinski definition) is 1. The number of rotatable bonds is 6. The first-order valence-corrected chi connectivity index (χ1v) is 10.6. The van der Waals surface area contributed by atoms with E-state index in [4.69, 9.17) is 11.6 Å². The van der Waals surface area contributed by atoms with Gasteiger partial charge in [0, 0.05) is 15.6 Å². The van der Waals surface area contributed by atoms with Crippen molar-refractivity contribution in [3.63, 3.8) is 0 Å². The van der Waals surface area contributed by atoms with E-state index >= 15 is 0 Å². The predicted octanol–water partition coefficient (Wildman–Crippen LogP) is 5.36. The Bertz CT molecular complexity index is 1090. The first kappa shape index (κ1) is 19.4. The third-order valence-electron chi connectivity index (χ3n) is 4.85. The predicted molar refractivity (Wildman–Crippen MR) is 118 cm³/mol. The number of aryl methyl sites for hydroxylation is 1. The Morgan fingerprint density at radius 2 is 1.72 bits per heavy atom. The molecule has 0 aliphatic carbocycles. The van der Waals surface area contributed by atoms with Crippen LogP contribution in [0.4, 0.5) is 5.69 Å². The summed E-state index contributed by atoms with van der Waals surface area (Å²) >= 11 is 7.69. The Morgan fingerprint density at radius 1 is 0.966 bits per heavy atom. The topological polar surface area (TPSA) is 49.4 Å². The lowest BCUT2D eigenvalue weighted by Gasteiger charge is -2.16. The number of hydrogen-bond acceptors (Lipinski definition) is 4. The summed E-state index contributed by atoms with van der Waals surface area (Å²) in [4.78, 5) is 28.4. The molecule has 1 aliphatic rings. The molecule has 2 heterocycles. The van der Waals surface area contributed by atoms with E-state index in [9.17, 15) is 9.59 Å². The molecule has 146 valence electrons. The first-order chi connectivity index (χ1) is 14.1. The average Bonchev–Trinajstić information content (AvgIpc) is 3.33. The molecule has 0 radical (unpaired) electrons. The second kappa shape index (κ2) is 8.23. The van der Waals surface area contributed by atoms with Crippen LogP contribution in [0.3, 0.4) is 0 Å². The van der Waals surface area contributed by atoms with Crippen LogP contribution in [0.5, 0.6) is 0 Å². The van der Waals surface area contributed by atoms with Gasteiger partial charge in [0.15, 0.2) is 0 Å². The fourth-order valence-electron chi connectivity index (χ4n) is 3.25. The summed E-state index contributed by atoms with van der Waals surface area (Å²) in [6, 6.07) is 18.8. The molecule has 1 aliphatic heterocycles. The highest BCUT2D eigenvalue weighted by atomic mass is 35.5. The Morgan fingerprint density at radius 3 is 2.38 bits per heavy atom. The minimum Gasteiger partial charge on any atom is -0.350 e. The van der Waals surface area contributed by atoms with Crippen molar-refractivity contribution in [2.24, 2.45) is 0 Å². The van der Waals surface area contributed by atoms with Crippen LogP contribution in [0.15, 0.2) is 71.7 Å². The van der Waals surface area contributed by atoms with Gasteiger partial charge in [-0.15, -0.1) is 11.3 Å². The fourth-order valence-corrected chi connectivity index (χ4v) is 4.21. The van der Waals surface area contributed by atoms with Crippen molar-refractivity contribution in [1.29, 1.82) is 0 Å². The summed E-state index contributed by atoms with van der Waals surface area (Å²) in [5, 5.41) is 5.61. The zero-order chi connectivity index (χ0) is 20.4. The maximum atomic E-state index is 13.2. The molecule has 1 N–H and O–H groups in total. The van der Waals surface area contributed by atoms with Gasteiger partial charge in [0.2, 0.25) is 0 Å². The van der Waals surface area contributed by atoms with Gasteiger partial charge in [0.05, 0.1) is 12.1 Å². The highest BCUT2D eigenvalue weighted by Gasteiger charge is 2.39. The summed E-state index contributed by atoms with van der Waals surface area (Å²) < 4.78 is 0. The van der Waals surface area contributed by atoms with Gasteiger partial charge in [0.25, 0.3) is 11.8 Å². The lowest BCUT2D eigenvalue weighted by atomic mass is 10.1. The maximum Gasteiger partial charge on any atom is 0.278 e. The highest BCUT2D eigenvalue weighted by molar-refractivity contribution is 7.11. The highest BCUT2D eigenvalue weighted by Crippen LogP contribution is 2.34. The Labute approximate surface area is 178 Å². The summed E-state index contributed by atoms with van der Waals surface area (Å²) in [5.74, 6) is -0.664. The first-order valence-electron chi connectivity index (χ1n) is 9.32. The number of halogens is 1. The summed E-state index contributed by atoms with van der Waals surface area (Å²) in [5.41, 5.74) is 3.41. The molecule has 0 saturated heterocycles. The van der Waals surface area contributed by atoms with Crippen LogP contribution >= 0.6 is 22.9 Å². The summed E-state index contributed by atoms with van der Waals surface area (Å²) in [6.07, 6.45) is 0.937. The number of anilines is 1. The van der Waals surface area contributed by atoms with Crippen LogP contribution in [-0.2, 0) is 22.6 Å². The van der Waals surface area contributed by atoms with Gasteiger partial charge in [-0.3, -0.25) is 14.5 Å². The lowest BCUT2D eigenvalue weighted by molar-refractivity contribution is -0.137. The van der Waals surface area contributed by atoms with Crippen LogP contribution in [0.25, 0.3) is 5.57 Å². The number of benzene rings is 2. The molecule has 29 heavy (non-hydrogen) atoms. The standard InChI is InChI=1S/C23H19ClN2O2S/c1-2-15-9-11-17(12-10-15)25-21-20(19-8-5-13-29-19)22(27)26(23(21)28)14-16-6-3-4-7-18(16)24/h3-13,25H,2,14H2,1H3. The fraction of sp³-hybridized carbons (Fsp3) is 0.130. The van der Waals surface area contributed by atoms with Crippen molar-refractivity contribution in [2.45, 2.75) is 19.9 Å². The molecule has 4 rings (SSSR count). The van der Waals surface area contributed by atoms with E-state index in [1.165, 1.54) is 21.8 Å². The molecule has 4 nitrogen and oxygen atoms in total. The molecular weight excluding hydrogens is 404 g/mol. The van der Waals surface area contributed by atoms with Crippen molar-refractivity contribution >= 4 is 46.0 Å². The number of thiophene rings is 1. The molecule has 0 unspecified atom stereocenters. The summed E-state index contributed by atoms with van der Waals surface area (Å²) in [6.45, 7) is 2.22. The van der Waals surface area contributed by atoms with E-state index in [-0.39, 0.29) is 18.4 Å². The molecule has 0 saturated carbocycles. The van der Waals surface area contributed by atoms with Gasteiger partial charge in [-0.1, -0.05) is 54.9 Å². The number of carbonyl (C=O) groups is 2. The maximum absolute atomic E-state index is 13.2. The second-order valence-electron chi connectivity index (χ2n) is 6.69. The number of nitrogens with one attached hydrogen (secondary N) is 1. The van der Waals surface area contributed by atoms with Crippen LogP contribution in [0, 0.1) is 0 Å². The van der Waals surface area contributed by atoms with Gasteiger partial charge in [0.1, 0.15) is 5.70 Å². The third kappa shape index (κ3) is 3.84. The minimum absolute atomic E-state index is 0.131. The Kier molecular flexibility index (Phi) is 5.51. The number of amides is 2. The molecule has 3 aromatic rings. The number of nitrogens with zero attached hydrogens (tertiary/aromatic N) is 1. The van der Waals surface area contributed by atoms with E-state index < -0.39 is 0 Å². The van der Waals surface area contributed by atoms with Crippen LogP contribution < -0.4 is 5.32 Å². The Balaban J connectivity index is 1.69. The van der Waals surface area contributed by atoms with Crippen molar-refractivity contribution in [2.75, 3.05) is 5.32 Å². The molecule has 2 aromatic carbocycles. The summed E-state index contributed by atoms with van der Waals surface area (Å²) in [7, 11) is 0. The molecule has 0 bridgehead atoms. The van der Waals surface area contributed by atoms with E-state index in [1.54, 1.807) is 6.07 Å². The smallest absolute Gasteiger partial charge is 0.278 e. The van der Waals surface area contributed by atoms with Gasteiger partial charge in [-0.2, -0.15) is 0 Å². The van der Waals surface area contributed by atoms with Gasteiger partial charge in [-0.05, 0) is 47.2 Å². The van der Waals surface area contributed by atoms with E-state index in [1.807, 2.05) is 60.0 Å². The Hall–Kier alpha value is -2.89. The van der Waals surface area contributed by atoms with E-state index in [0.29, 0.717) is 16.3 Å². The molecule has 6 heteroatoms. The SMILES string of the molecule is CCc1ccc(NC2=C(c3cccs3)C(=O)N(Cc3ccccc3Cl)C2=O)cc1. The number of carbonyl (C=O) groups excluding carboxylic acids is 2. The van der Waals surface area contributed by atoms with Crippen LogP contribution in [0.2, 0.25) is 5.02 Å². The van der Waals surface area contributed by atoms with Crippen molar-refractivity contribution in [3.05, 3.63) is 92.8 Å². The average molecular weight is 423 g/mol. The third-order valence-corrected chi connectivity index (χ3v) is 6.11. The molecule has 0 spiro atoms. The van der Waals surface area contributed by atoms with Crippen molar-refractivity contribution < 1.29 is 9.59 Å². The zero-order valence-electron chi connectivity index (χ0n) is 15.8. The second-order valence-corrected chi connectivity index (χ2v) is 8.05. The quantitative estimate of drug-likeness (QED) is 0.544. The van der Waals surface area contributed by atoms with E-state index in [0.717, 1.165) is 22.5 Å². The van der Waals surface area contributed by atoms with Gasteiger partial charge >= 0.3 is 0 Å². The molecule has 1 aromatic heterocycles. The molecule has 2 amide bonds. The number of imide groups is 1. The van der Waals surface area contributed by atoms with Crippen LogP contribution in [-0.4, -0.2) is 16.7 Å². The van der Waals surface area contributed by atoms with E-state index in [2.05, 4.69) is 12.2 Å². The van der Waals surface area contributed by atoms with Gasteiger partial charge < -0.3 is 5.32 Å². The van der Waals surface area contributed by atoms with Crippen molar-refractivity contribution in [3.8, 4) is 0 Å². The normalized spacial score (nSPS) is 14.1. The lowest BCUT2D eigenvalue weighted by Crippen LogP contribution is -2.32.